The van der Waals surface area contributed by atoms with Crippen molar-refractivity contribution in [2.24, 2.45) is 0 Å². The van der Waals surface area contributed by atoms with Crippen molar-refractivity contribution < 1.29 is 4.74 Å². The first-order chi connectivity index (χ1) is 8.29. The predicted octanol–water partition coefficient (Wildman–Crippen LogP) is 2.97. The molecular formula is C11H14BrN3OS. The average Bonchev–Trinajstić information content (AvgIpc) is 2.93. The van der Waals surface area contributed by atoms with Crippen LogP contribution >= 0.6 is 27.3 Å². The second-order valence-corrected chi connectivity index (χ2v) is 5.39. The number of aromatic nitrogens is 2. The first-order valence-electron chi connectivity index (χ1n) is 5.26. The maximum Gasteiger partial charge on any atom is 0.0729 e. The van der Waals surface area contributed by atoms with Crippen LogP contribution in [-0.2, 0) is 17.8 Å². The molecule has 0 amide bonds. The van der Waals surface area contributed by atoms with E-state index < -0.39 is 0 Å². The van der Waals surface area contributed by atoms with Gasteiger partial charge >= 0.3 is 0 Å². The second kappa shape index (κ2) is 6.18. The van der Waals surface area contributed by atoms with Crippen LogP contribution in [0.2, 0.25) is 0 Å². The molecule has 1 N–H and O–H groups in total. The summed E-state index contributed by atoms with van der Waals surface area (Å²) in [6.07, 6.45) is 3.82. The van der Waals surface area contributed by atoms with Crippen LogP contribution in [0, 0.1) is 0 Å². The molecule has 0 bridgehead atoms. The number of hydrogen-bond acceptors (Lipinski definition) is 4. The van der Waals surface area contributed by atoms with Gasteiger partial charge in [-0.2, -0.15) is 5.10 Å². The van der Waals surface area contributed by atoms with Crippen LogP contribution in [0.4, 0.5) is 5.69 Å². The van der Waals surface area contributed by atoms with Crippen molar-refractivity contribution >= 4 is 33.0 Å². The third-order valence-electron chi connectivity index (χ3n) is 2.30. The van der Waals surface area contributed by atoms with E-state index >= 15 is 0 Å². The summed E-state index contributed by atoms with van der Waals surface area (Å²) >= 11 is 5.25. The van der Waals surface area contributed by atoms with Gasteiger partial charge in [-0.25, -0.2) is 0 Å². The summed E-state index contributed by atoms with van der Waals surface area (Å²) in [4.78, 5) is 1.29. The maximum atomic E-state index is 5.00. The van der Waals surface area contributed by atoms with E-state index in [1.807, 2.05) is 17.1 Å². The second-order valence-electron chi connectivity index (χ2n) is 3.53. The molecule has 2 heterocycles. The minimum atomic E-state index is 0.678. The van der Waals surface area contributed by atoms with Gasteiger partial charge in [-0.15, -0.1) is 11.3 Å². The molecule has 2 aromatic heterocycles. The van der Waals surface area contributed by atoms with E-state index in [1.54, 1.807) is 18.4 Å². The van der Waals surface area contributed by atoms with Crippen LogP contribution in [0.1, 0.15) is 4.88 Å². The molecule has 0 spiro atoms. The van der Waals surface area contributed by atoms with Gasteiger partial charge in [0, 0.05) is 22.7 Å². The molecule has 0 aliphatic rings. The molecule has 2 rings (SSSR count). The van der Waals surface area contributed by atoms with E-state index in [2.05, 4.69) is 37.8 Å². The number of nitrogens with one attached hydrogen (secondary N) is 1. The Morgan fingerprint density at radius 3 is 3.18 bits per heavy atom. The third kappa shape index (κ3) is 3.55. The van der Waals surface area contributed by atoms with Crippen LogP contribution < -0.4 is 5.32 Å². The van der Waals surface area contributed by atoms with E-state index in [0.717, 1.165) is 23.2 Å². The van der Waals surface area contributed by atoms with Crippen LogP contribution in [0.25, 0.3) is 0 Å². The normalized spacial score (nSPS) is 10.7. The fraction of sp³-hybridized carbons (Fsp3) is 0.364. The summed E-state index contributed by atoms with van der Waals surface area (Å²) in [5.41, 5.74) is 1.03. The zero-order valence-corrected chi connectivity index (χ0v) is 11.9. The number of rotatable bonds is 6. The van der Waals surface area contributed by atoms with Crippen molar-refractivity contribution in [1.82, 2.24) is 9.78 Å². The third-order valence-corrected chi connectivity index (χ3v) is 4.23. The van der Waals surface area contributed by atoms with Gasteiger partial charge in [-0.3, -0.25) is 4.68 Å². The fourth-order valence-electron chi connectivity index (χ4n) is 1.40. The Labute approximate surface area is 113 Å². The van der Waals surface area contributed by atoms with Crippen molar-refractivity contribution in [1.29, 1.82) is 0 Å². The van der Waals surface area contributed by atoms with Gasteiger partial charge < -0.3 is 10.1 Å². The highest BCUT2D eigenvalue weighted by Crippen LogP contribution is 2.23. The molecule has 2 aromatic rings. The standard InChI is InChI=1S/C11H14BrN3OS/c1-16-4-3-15-8-9(6-14-15)13-7-11-10(12)2-5-17-11/h2,5-6,8,13H,3-4,7H2,1H3. The Morgan fingerprint density at radius 2 is 2.47 bits per heavy atom. The lowest BCUT2D eigenvalue weighted by molar-refractivity contribution is 0.183. The minimum absolute atomic E-state index is 0.678. The molecule has 0 saturated heterocycles. The largest absolute Gasteiger partial charge is 0.383 e. The molecular weight excluding hydrogens is 302 g/mol. The summed E-state index contributed by atoms with van der Waals surface area (Å²) in [7, 11) is 1.69. The minimum Gasteiger partial charge on any atom is -0.383 e. The smallest absolute Gasteiger partial charge is 0.0729 e. The maximum absolute atomic E-state index is 5.00. The SMILES string of the molecule is COCCn1cc(NCc2sccc2Br)cn1. The molecule has 0 aliphatic carbocycles. The first-order valence-corrected chi connectivity index (χ1v) is 6.94. The van der Waals surface area contributed by atoms with Crippen molar-refractivity contribution in [2.45, 2.75) is 13.1 Å². The molecule has 0 radical (unpaired) electrons. The van der Waals surface area contributed by atoms with Crippen molar-refractivity contribution in [3.05, 3.63) is 33.2 Å². The lowest BCUT2D eigenvalue weighted by Gasteiger charge is -2.02. The fourth-order valence-corrected chi connectivity index (χ4v) is 2.83. The van der Waals surface area contributed by atoms with Gasteiger partial charge in [0.15, 0.2) is 0 Å². The predicted molar refractivity (Wildman–Crippen MR) is 73.4 cm³/mol. The van der Waals surface area contributed by atoms with Gasteiger partial charge in [0.1, 0.15) is 0 Å². The van der Waals surface area contributed by atoms with E-state index in [-0.39, 0.29) is 0 Å². The molecule has 0 aliphatic heterocycles. The number of ether oxygens (including phenoxy) is 1. The molecule has 0 fully saturated rings. The summed E-state index contributed by atoms with van der Waals surface area (Å²) in [6, 6.07) is 2.06. The van der Waals surface area contributed by atoms with E-state index in [4.69, 9.17) is 4.74 Å². The topological polar surface area (TPSA) is 39.1 Å². The molecule has 6 heteroatoms. The summed E-state index contributed by atoms with van der Waals surface area (Å²) in [5, 5.41) is 9.66. The van der Waals surface area contributed by atoms with Gasteiger partial charge in [-0.1, -0.05) is 0 Å². The summed E-state index contributed by atoms with van der Waals surface area (Å²) in [6.45, 7) is 2.27. The van der Waals surface area contributed by atoms with Crippen molar-refractivity contribution in [3.63, 3.8) is 0 Å². The summed E-state index contributed by atoms with van der Waals surface area (Å²) < 4.78 is 8.03. The Balaban J connectivity index is 1.87. The quantitative estimate of drug-likeness (QED) is 0.890. The molecule has 17 heavy (non-hydrogen) atoms. The van der Waals surface area contributed by atoms with Crippen LogP contribution in [-0.4, -0.2) is 23.5 Å². The van der Waals surface area contributed by atoms with Gasteiger partial charge in [0.25, 0.3) is 0 Å². The monoisotopic (exact) mass is 315 g/mol. The van der Waals surface area contributed by atoms with E-state index in [0.29, 0.717) is 6.61 Å². The van der Waals surface area contributed by atoms with Crippen LogP contribution in [0.5, 0.6) is 0 Å². The zero-order valence-electron chi connectivity index (χ0n) is 9.52. The highest BCUT2D eigenvalue weighted by molar-refractivity contribution is 9.10. The van der Waals surface area contributed by atoms with E-state index in [1.165, 1.54) is 4.88 Å². The Hall–Kier alpha value is -0.850. The molecule has 0 aromatic carbocycles. The Kier molecular flexibility index (Phi) is 4.58. The number of hydrogen-bond donors (Lipinski definition) is 1. The van der Waals surface area contributed by atoms with Crippen LogP contribution in [0.3, 0.4) is 0 Å². The van der Waals surface area contributed by atoms with Crippen molar-refractivity contribution in [3.8, 4) is 0 Å². The molecule has 4 nitrogen and oxygen atoms in total. The lowest BCUT2D eigenvalue weighted by atomic mass is 10.4. The molecule has 0 unspecified atom stereocenters. The number of halogens is 1. The molecule has 0 atom stereocenters. The van der Waals surface area contributed by atoms with E-state index in [9.17, 15) is 0 Å². The molecule has 0 saturated carbocycles. The van der Waals surface area contributed by atoms with Gasteiger partial charge in [0.05, 0.1) is 31.6 Å². The summed E-state index contributed by atoms with van der Waals surface area (Å²) in [5.74, 6) is 0. The number of anilines is 1. The highest BCUT2D eigenvalue weighted by Gasteiger charge is 2.02. The van der Waals surface area contributed by atoms with Gasteiger partial charge in [0.2, 0.25) is 0 Å². The first kappa shape index (κ1) is 12.6. The van der Waals surface area contributed by atoms with Gasteiger partial charge in [-0.05, 0) is 27.4 Å². The number of methoxy groups -OCH3 is 1. The zero-order chi connectivity index (χ0) is 12.1. The number of nitrogens with zero attached hydrogens (tertiary/aromatic N) is 2. The number of thiophene rings is 1. The Bertz CT molecular complexity index is 469. The Morgan fingerprint density at radius 1 is 1.59 bits per heavy atom. The van der Waals surface area contributed by atoms with Crippen molar-refractivity contribution in [2.75, 3.05) is 19.0 Å². The molecule has 92 valence electrons. The van der Waals surface area contributed by atoms with Crippen LogP contribution in [0.15, 0.2) is 28.3 Å². The highest BCUT2D eigenvalue weighted by atomic mass is 79.9. The average molecular weight is 316 g/mol. The lowest BCUT2D eigenvalue weighted by Crippen LogP contribution is -2.04.